The summed E-state index contributed by atoms with van der Waals surface area (Å²) in [7, 11) is 1.84. The van der Waals surface area contributed by atoms with Crippen molar-refractivity contribution in [2.24, 2.45) is 11.8 Å². The number of hydrogen-bond donors (Lipinski definition) is 1. The van der Waals surface area contributed by atoms with E-state index in [1.54, 1.807) is 0 Å². The Labute approximate surface area is 100 Å². The van der Waals surface area contributed by atoms with Crippen molar-refractivity contribution in [2.45, 2.75) is 64.0 Å². The second kappa shape index (κ2) is 6.02. The third-order valence-corrected chi connectivity index (χ3v) is 4.55. The van der Waals surface area contributed by atoms with E-state index in [1.807, 2.05) is 7.11 Å². The fraction of sp³-hybridized carbons (Fsp3) is 1.00. The molecule has 0 radical (unpaired) electrons. The van der Waals surface area contributed by atoms with Crippen molar-refractivity contribution in [3.8, 4) is 0 Å². The molecule has 94 valence electrons. The summed E-state index contributed by atoms with van der Waals surface area (Å²) in [5.41, 5.74) is 0. The van der Waals surface area contributed by atoms with Crippen LogP contribution < -0.4 is 5.32 Å². The van der Waals surface area contributed by atoms with Crippen LogP contribution in [0, 0.1) is 11.8 Å². The first-order valence-corrected chi connectivity index (χ1v) is 7.04. The summed E-state index contributed by atoms with van der Waals surface area (Å²) in [6, 6.07) is 0.726. The molecule has 0 aromatic rings. The summed E-state index contributed by atoms with van der Waals surface area (Å²) in [4.78, 5) is 0. The van der Waals surface area contributed by atoms with Crippen molar-refractivity contribution in [1.82, 2.24) is 5.32 Å². The van der Waals surface area contributed by atoms with Gasteiger partial charge in [0.1, 0.15) is 0 Å². The van der Waals surface area contributed by atoms with E-state index >= 15 is 0 Å². The summed E-state index contributed by atoms with van der Waals surface area (Å²) >= 11 is 0. The lowest BCUT2D eigenvalue weighted by atomic mass is 9.83. The van der Waals surface area contributed by atoms with E-state index in [9.17, 15) is 0 Å². The average Bonchev–Trinajstić information content (AvgIpc) is 2.76. The first-order valence-electron chi connectivity index (χ1n) is 7.04. The molecule has 2 atom stereocenters. The minimum atomic E-state index is 0.517. The molecule has 0 aromatic carbocycles. The second-order valence-corrected chi connectivity index (χ2v) is 5.90. The molecule has 0 aliphatic heterocycles. The van der Waals surface area contributed by atoms with Crippen molar-refractivity contribution in [2.75, 3.05) is 13.7 Å². The Kier molecular flexibility index (Phi) is 4.66. The van der Waals surface area contributed by atoms with E-state index in [0.717, 1.165) is 17.9 Å². The first-order chi connectivity index (χ1) is 7.78. The number of ether oxygens (including phenoxy) is 1. The molecule has 0 heterocycles. The van der Waals surface area contributed by atoms with Gasteiger partial charge in [-0.1, -0.05) is 19.8 Å². The van der Waals surface area contributed by atoms with Crippen molar-refractivity contribution in [1.29, 1.82) is 0 Å². The van der Waals surface area contributed by atoms with Crippen LogP contribution in [0.1, 0.15) is 51.9 Å². The lowest BCUT2D eigenvalue weighted by Crippen LogP contribution is -2.33. The van der Waals surface area contributed by atoms with Crippen LogP contribution >= 0.6 is 0 Å². The van der Waals surface area contributed by atoms with Gasteiger partial charge in [0.15, 0.2) is 0 Å². The predicted molar refractivity (Wildman–Crippen MR) is 67.6 cm³/mol. The highest BCUT2D eigenvalue weighted by Gasteiger charge is 2.25. The van der Waals surface area contributed by atoms with Gasteiger partial charge >= 0.3 is 0 Å². The first kappa shape index (κ1) is 12.4. The highest BCUT2D eigenvalue weighted by Crippen LogP contribution is 2.28. The third-order valence-electron chi connectivity index (χ3n) is 4.55. The van der Waals surface area contributed by atoms with Gasteiger partial charge in [0.2, 0.25) is 0 Å². The maximum Gasteiger partial charge on any atom is 0.0586 e. The van der Waals surface area contributed by atoms with Crippen LogP contribution in [-0.2, 0) is 4.74 Å². The SMILES string of the molecule is COC1CCC(NCC2CCC(C)CC2)C1. The Morgan fingerprint density at radius 2 is 1.81 bits per heavy atom. The van der Waals surface area contributed by atoms with Gasteiger partial charge in [-0.05, 0) is 50.5 Å². The number of rotatable bonds is 4. The van der Waals surface area contributed by atoms with Crippen molar-refractivity contribution in [3.63, 3.8) is 0 Å². The maximum atomic E-state index is 5.41. The molecule has 2 unspecified atom stereocenters. The molecule has 0 bridgehead atoms. The van der Waals surface area contributed by atoms with E-state index in [-0.39, 0.29) is 0 Å². The highest BCUT2D eigenvalue weighted by atomic mass is 16.5. The standard InChI is InChI=1S/C14H27NO/c1-11-3-5-12(6-4-11)10-15-13-7-8-14(9-13)16-2/h11-15H,3-10H2,1-2H3. The van der Waals surface area contributed by atoms with Crippen LogP contribution in [0.2, 0.25) is 0 Å². The summed E-state index contributed by atoms with van der Waals surface area (Å²) in [5.74, 6) is 1.92. The Bertz CT molecular complexity index is 197. The zero-order valence-corrected chi connectivity index (χ0v) is 10.9. The van der Waals surface area contributed by atoms with E-state index in [0.29, 0.717) is 6.10 Å². The summed E-state index contributed by atoms with van der Waals surface area (Å²) in [5, 5.41) is 3.75. The number of hydrogen-bond acceptors (Lipinski definition) is 2. The monoisotopic (exact) mass is 225 g/mol. The fourth-order valence-electron chi connectivity index (χ4n) is 3.21. The minimum absolute atomic E-state index is 0.517. The van der Waals surface area contributed by atoms with Crippen LogP contribution in [0.5, 0.6) is 0 Å². The second-order valence-electron chi connectivity index (χ2n) is 5.90. The molecule has 2 nitrogen and oxygen atoms in total. The number of nitrogens with one attached hydrogen (secondary N) is 1. The van der Waals surface area contributed by atoms with E-state index in [1.165, 1.54) is 51.5 Å². The van der Waals surface area contributed by atoms with Crippen LogP contribution in [0.4, 0.5) is 0 Å². The Morgan fingerprint density at radius 1 is 1.06 bits per heavy atom. The molecular formula is C14H27NO. The molecular weight excluding hydrogens is 198 g/mol. The topological polar surface area (TPSA) is 21.3 Å². The lowest BCUT2D eigenvalue weighted by molar-refractivity contribution is 0.106. The molecule has 2 saturated carbocycles. The normalized spacial score (nSPS) is 40.1. The molecule has 0 aromatic heterocycles. The predicted octanol–water partition coefficient (Wildman–Crippen LogP) is 2.97. The van der Waals surface area contributed by atoms with Crippen molar-refractivity contribution >= 4 is 0 Å². The smallest absolute Gasteiger partial charge is 0.0586 e. The van der Waals surface area contributed by atoms with Crippen LogP contribution in [0.25, 0.3) is 0 Å². The van der Waals surface area contributed by atoms with E-state index in [2.05, 4.69) is 12.2 Å². The van der Waals surface area contributed by atoms with Gasteiger partial charge in [-0.3, -0.25) is 0 Å². The molecule has 0 saturated heterocycles. The molecule has 16 heavy (non-hydrogen) atoms. The third kappa shape index (κ3) is 3.46. The molecule has 2 aliphatic rings. The van der Waals surface area contributed by atoms with Gasteiger partial charge in [-0.2, -0.15) is 0 Å². The maximum absolute atomic E-state index is 5.41. The van der Waals surface area contributed by atoms with Crippen molar-refractivity contribution in [3.05, 3.63) is 0 Å². The van der Waals surface area contributed by atoms with Gasteiger partial charge in [0, 0.05) is 13.2 Å². The molecule has 0 spiro atoms. The largest absolute Gasteiger partial charge is 0.381 e. The summed E-state index contributed by atoms with van der Waals surface area (Å²) in [6.45, 7) is 3.64. The van der Waals surface area contributed by atoms with Gasteiger partial charge in [0.25, 0.3) is 0 Å². The Hall–Kier alpha value is -0.0800. The lowest BCUT2D eigenvalue weighted by Gasteiger charge is -2.27. The van der Waals surface area contributed by atoms with Crippen LogP contribution in [0.15, 0.2) is 0 Å². The molecule has 2 heteroatoms. The average molecular weight is 225 g/mol. The zero-order valence-electron chi connectivity index (χ0n) is 10.9. The number of methoxy groups -OCH3 is 1. The van der Waals surface area contributed by atoms with Gasteiger partial charge < -0.3 is 10.1 Å². The highest BCUT2D eigenvalue weighted by molar-refractivity contribution is 4.82. The summed E-state index contributed by atoms with van der Waals surface area (Å²) < 4.78 is 5.41. The van der Waals surface area contributed by atoms with Crippen molar-refractivity contribution < 1.29 is 4.74 Å². The van der Waals surface area contributed by atoms with Gasteiger partial charge in [0.05, 0.1) is 6.10 Å². The zero-order chi connectivity index (χ0) is 11.4. The van der Waals surface area contributed by atoms with Gasteiger partial charge in [-0.25, -0.2) is 0 Å². The van der Waals surface area contributed by atoms with E-state index < -0.39 is 0 Å². The molecule has 2 rings (SSSR count). The Morgan fingerprint density at radius 3 is 2.44 bits per heavy atom. The molecule has 2 aliphatic carbocycles. The molecule has 1 N–H and O–H groups in total. The fourth-order valence-corrected chi connectivity index (χ4v) is 3.21. The quantitative estimate of drug-likeness (QED) is 0.794. The van der Waals surface area contributed by atoms with E-state index in [4.69, 9.17) is 4.74 Å². The minimum Gasteiger partial charge on any atom is -0.381 e. The van der Waals surface area contributed by atoms with Crippen LogP contribution in [0.3, 0.4) is 0 Å². The molecule has 2 fully saturated rings. The van der Waals surface area contributed by atoms with Crippen LogP contribution in [-0.4, -0.2) is 25.8 Å². The van der Waals surface area contributed by atoms with Gasteiger partial charge in [-0.15, -0.1) is 0 Å². The molecule has 0 amide bonds. The Balaban J connectivity index is 1.61. The summed E-state index contributed by atoms with van der Waals surface area (Å²) in [6.07, 6.45) is 10.1.